The molecule has 3 amide bonds. The van der Waals surface area contributed by atoms with Gasteiger partial charge >= 0.3 is 6.03 Å². The van der Waals surface area contributed by atoms with Gasteiger partial charge in [0, 0.05) is 7.05 Å². The van der Waals surface area contributed by atoms with Crippen LogP contribution in [0.15, 0.2) is 0 Å². The fraction of sp³-hybridized carbons (Fsp3) is 0.429. The predicted molar refractivity (Wildman–Crippen MR) is 39.7 cm³/mol. The summed E-state index contributed by atoms with van der Waals surface area (Å²) >= 11 is 0. The zero-order valence-electron chi connectivity index (χ0n) is 6.61. The second-order valence-electron chi connectivity index (χ2n) is 2.30. The number of terminal acetylenes is 1. The Balaban J connectivity index is 2.59. The minimum Gasteiger partial charge on any atom is -0.316 e. The first-order chi connectivity index (χ1) is 5.66. The molecule has 0 saturated carbocycles. The van der Waals surface area contributed by atoms with Crippen LogP contribution in [0.25, 0.3) is 0 Å². The molecule has 1 rings (SSSR count). The van der Waals surface area contributed by atoms with Crippen molar-refractivity contribution < 1.29 is 14.4 Å². The molecule has 5 nitrogen and oxygen atoms in total. The van der Waals surface area contributed by atoms with E-state index in [1.54, 1.807) is 0 Å². The molecule has 0 aromatic heterocycles. The molecule has 1 fully saturated rings. The Bertz CT molecular complexity index is 256. The number of imide groups is 1. The van der Waals surface area contributed by atoms with Crippen molar-refractivity contribution >= 4 is 11.9 Å². The quantitative estimate of drug-likeness (QED) is 0.410. The second-order valence-corrected chi connectivity index (χ2v) is 2.30. The van der Waals surface area contributed by atoms with Gasteiger partial charge in [0.15, 0.2) is 0 Å². The molecule has 0 radical (unpaired) electrons. The van der Waals surface area contributed by atoms with Gasteiger partial charge in [-0.15, -0.1) is 11.5 Å². The van der Waals surface area contributed by atoms with Crippen LogP contribution in [-0.2, 0) is 9.63 Å². The summed E-state index contributed by atoms with van der Waals surface area (Å²) in [6.07, 6.45) is 4.89. The zero-order chi connectivity index (χ0) is 9.14. The number of carbonyl (C=O) groups excluding carboxylic acids is 2. The lowest BCUT2D eigenvalue weighted by Gasteiger charge is -2.10. The van der Waals surface area contributed by atoms with E-state index < -0.39 is 11.9 Å². The Morgan fingerprint density at radius 2 is 2.33 bits per heavy atom. The molecule has 0 aromatic rings. The molecule has 1 aliphatic rings. The normalized spacial score (nSPS) is 17.0. The predicted octanol–water partition coefficient (Wildman–Crippen LogP) is -0.555. The highest BCUT2D eigenvalue weighted by Crippen LogP contribution is 2.07. The Hall–Kier alpha value is -1.54. The first-order valence-electron chi connectivity index (χ1n) is 3.31. The SMILES string of the molecule is C#CCON1C(=O)CN(C)C1=O. The third-order valence-electron chi connectivity index (χ3n) is 1.38. The fourth-order valence-corrected chi connectivity index (χ4v) is 0.826. The summed E-state index contributed by atoms with van der Waals surface area (Å²) in [6.45, 7) is -0.0330. The van der Waals surface area contributed by atoms with E-state index in [-0.39, 0.29) is 13.2 Å². The Morgan fingerprint density at radius 3 is 2.75 bits per heavy atom. The van der Waals surface area contributed by atoms with E-state index in [2.05, 4.69) is 5.92 Å². The van der Waals surface area contributed by atoms with Crippen LogP contribution in [-0.4, -0.2) is 42.1 Å². The molecule has 0 bridgehead atoms. The van der Waals surface area contributed by atoms with Gasteiger partial charge in [0.25, 0.3) is 5.91 Å². The zero-order valence-corrected chi connectivity index (χ0v) is 6.61. The molecule has 1 heterocycles. The van der Waals surface area contributed by atoms with Crippen LogP contribution in [0.5, 0.6) is 0 Å². The number of nitrogens with zero attached hydrogens (tertiary/aromatic N) is 2. The molecular weight excluding hydrogens is 160 g/mol. The van der Waals surface area contributed by atoms with Crippen molar-refractivity contribution in [1.29, 1.82) is 0 Å². The summed E-state index contributed by atoms with van der Waals surface area (Å²) in [5, 5.41) is 0.680. The number of rotatable bonds is 2. The molecule has 0 spiro atoms. The van der Waals surface area contributed by atoms with E-state index in [1.165, 1.54) is 11.9 Å². The summed E-state index contributed by atoms with van der Waals surface area (Å²) in [7, 11) is 1.51. The van der Waals surface area contributed by atoms with E-state index in [0.717, 1.165) is 0 Å². The van der Waals surface area contributed by atoms with Crippen molar-refractivity contribution in [2.24, 2.45) is 0 Å². The van der Waals surface area contributed by atoms with Crippen LogP contribution in [0.2, 0.25) is 0 Å². The molecule has 0 unspecified atom stereocenters. The van der Waals surface area contributed by atoms with E-state index in [0.29, 0.717) is 5.06 Å². The summed E-state index contributed by atoms with van der Waals surface area (Å²) in [6, 6.07) is -0.477. The Kier molecular flexibility index (Phi) is 2.31. The highest BCUT2D eigenvalue weighted by molar-refractivity contribution is 6.00. The van der Waals surface area contributed by atoms with Crippen molar-refractivity contribution in [3.63, 3.8) is 0 Å². The minimum absolute atomic E-state index is 0.0450. The highest BCUT2D eigenvalue weighted by Gasteiger charge is 2.34. The summed E-state index contributed by atoms with van der Waals surface area (Å²) in [4.78, 5) is 28.0. The molecule has 12 heavy (non-hydrogen) atoms. The van der Waals surface area contributed by atoms with Gasteiger partial charge in [-0.2, -0.15) is 0 Å². The van der Waals surface area contributed by atoms with E-state index in [9.17, 15) is 9.59 Å². The highest BCUT2D eigenvalue weighted by atomic mass is 16.7. The van der Waals surface area contributed by atoms with Gasteiger partial charge in [0.05, 0.1) is 0 Å². The maximum atomic E-state index is 11.1. The van der Waals surface area contributed by atoms with Gasteiger partial charge in [-0.05, 0) is 0 Å². The van der Waals surface area contributed by atoms with Gasteiger partial charge in [0.2, 0.25) is 0 Å². The van der Waals surface area contributed by atoms with Crippen LogP contribution in [0.3, 0.4) is 0 Å². The average Bonchev–Trinajstić information content (AvgIpc) is 2.25. The van der Waals surface area contributed by atoms with Crippen LogP contribution >= 0.6 is 0 Å². The Labute approximate surface area is 69.8 Å². The van der Waals surface area contributed by atoms with Gasteiger partial charge in [0.1, 0.15) is 13.2 Å². The van der Waals surface area contributed by atoms with E-state index >= 15 is 0 Å². The summed E-state index contributed by atoms with van der Waals surface area (Å²) in [5.41, 5.74) is 0. The third kappa shape index (κ3) is 1.38. The molecule has 0 aliphatic carbocycles. The molecule has 0 atom stereocenters. The van der Waals surface area contributed by atoms with Crippen LogP contribution in [0.1, 0.15) is 0 Å². The van der Waals surface area contributed by atoms with E-state index in [4.69, 9.17) is 11.3 Å². The number of hydrogen-bond donors (Lipinski definition) is 0. The van der Waals surface area contributed by atoms with E-state index in [1.807, 2.05) is 0 Å². The average molecular weight is 168 g/mol. The smallest absolute Gasteiger partial charge is 0.316 e. The van der Waals surface area contributed by atoms with Crippen molar-refractivity contribution in [2.45, 2.75) is 0 Å². The molecule has 1 saturated heterocycles. The number of amides is 3. The van der Waals surface area contributed by atoms with Crippen LogP contribution < -0.4 is 0 Å². The number of hydrogen-bond acceptors (Lipinski definition) is 3. The van der Waals surface area contributed by atoms with Crippen molar-refractivity contribution in [1.82, 2.24) is 9.96 Å². The van der Waals surface area contributed by atoms with Crippen molar-refractivity contribution in [3.05, 3.63) is 0 Å². The van der Waals surface area contributed by atoms with Gasteiger partial charge < -0.3 is 4.90 Å². The fourth-order valence-electron chi connectivity index (χ4n) is 0.826. The number of hydroxylamine groups is 2. The largest absolute Gasteiger partial charge is 0.351 e. The lowest BCUT2D eigenvalue weighted by Crippen LogP contribution is -2.31. The number of likely N-dealkylation sites (N-methyl/N-ethyl adjacent to an activating group) is 1. The van der Waals surface area contributed by atoms with Crippen molar-refractivity contribution in [3.8, 4) is 12.3 Å². The van der Waals surface area contributed by atoms with Crippen molar-refractivity contribution in [2.75, 3.05) is 20.2 Å². The minimum atomic E-state index is -0.477. The number of carbonyl (C=O) groups is 2. The molecule has 0 N–H and O–H groups in total. The number of urea groups is 1. The molecule has 1 aliphatic heterocycles. The topological polar surface area (TPSA) is 49.9 Å². The molecule has 5 heteroatoms. The summed E-state index contributed by atoms with van der Waals surface area (Å²) in [5.74, 6) is 1.77. The molecular formula is C7H8N2O3. The first kappa shape index (κ1) is 8.56. The van der Waals surface area contributed by atoms with Crippen LogP contribution in [0, 0.1) is 12.3 Å². The monoisotopic (exact) mass is 168 g/mol. The van der Waals surface area contributed by atoms with Crippen LogP contribution in [0.4, 0.5) is 4.79 Å². The maximum Gasteiger partial charge on any atom is 0.351 e. The lowest BCUT2D eigenvalue weighted by atomic mass is 10.6. The lowest BCUT2D eigenvalue weighted by molar-refractivity contribution is -0.157. The van der Waals surface area contributed by atoms with Gasteiger partial charge in [-0.3, -0.25) is 4.79 Å². The summed E-state index contributed by atoms with van der Waals surface area (Å²) < 4.78 is 0. The maximum absolute atomic E-state index is 11.1. The Morgan fingerprint density at radius 1 is 1.67 bits per heavy atom. The third-order valence-corrected chi connectivity index (χ3v) is 1.38. The van der Waals surface area contributed by atoms with Gasteiger partial charge in [-0.1, -0.05) is 5.92 Å². The first-order valence-corrected chi connectivity index (χ1v) is 3.31. The molecule has 64 valence electrons. The van der Waals surface area contributed by atoms with Gasteiger partial charge in [-0.25, -0.2) is 9.63 Å². The molecule has 0 aromatic carbocycles. The second kappa shape index (κ2) is 3.24. The standard InChI is InChI=1S/C7H8N2O3/c1-3-4-12-9-6(10)5-8(2)7(9)11/h1H,4-5H2,2H3.